The van der Waals surface area contributed by atoms with E-state index in [0.717, 1.165) is 32.0 Å². The number of benzene rings is 1. The van der Waals surface area contributed by atoms with Gasteiger partial charge in [0.15, 0.2) is 0 Å². The molecular formula is C15H20N2O2S. The fourth-order valence-corrected chi connectivity index (χ4v) is 2.32. The number of thiol groups is 1. The molecule has 0 radical (unpaired) electrons. The lowest BCUT2D eigenvalue weighted by Crippen LogP contribution is -2.23. The van der Waals surface area contributed by atoms with Gasteiger partial charge in [0.05, 0.1) is 6.54 Å². The van der Waals surface area contributed by atoms with Crippen LogP contribution in [0.3, 0.4) is 0 Å². The molecule has 1 aliphatic carbocycles. The van der Waals surface area contributed by atoms with Crippen molar-refractivity contribution in [1.82, 2.24) is 9.98 Å². The summed E-state index contributed by atoms with van der Waals surface area (Å²) in [6, 6.07) is 8.51. The molecule has 2 rings (SSSR count). The monoisotopic (exact) mass is 292 g/mol. The number of aryl methyl sites for hydroxylation is 1. The number of carboxylic acids is 1. The van der Waals surface area contributed by atoms with Crippen LogP contribution in [0.1, 0.15) is 37.8 Å². The predicted octanol–water partition coefficient (Wildman–Crippen LogP) is 0.531. The topological polar surface area (TPSA) is 66.3 Å². The van der Waals surface area contributed by atoms with Crippen LogP contribution in [0.5, 0.6) is 0 Å². The molecule has 0 aromatic heterocycles. The third-order valence-electron chi connectivity index (χ3n) is 2.76. The van der Waals surface area contributed by atoms with Crippen molar-refractivity contribution in [3.63, 3.8) is 0 Å². The Morgan fingerprint density at radius 3 is 2.70 bits per heavy atom. The van der Waals surface area contributed by atoms with Crippen molar-refractivity contribution in [1.29, 1.82) is 0 Å². The predicted molar refractivity (Wildman–Crippen MR) is 84.0 cm³/mol. The molecule has 5 heteroatoms. The number of aliphatic carboxylic acids is 1. The molecule has 0 fully saturated rings. The zero-order valence-corrected chi connectivity index (χ0v) is 12.7. The van der Waals surface area contributed by atoms with Crippen LogP contribution in [0.2, 0.25) is 0 Å². The second-order valence-corrected chi connectivity index (χ2v) is 4.84. The highest BCUT2D eigenvalue weighted by molar-refractivity contribution is 7.96. The summed E-state index contributed by atoms with van der Waals surface area (Å²) >= 11 is 4.33. The minimum atomic E-state index is -1.08. The van der Waals surface area contributed by atoms with E-state index >= 15 is 0 Å². The number of nitrogens with one attached hydrogen (secondary N) is 1. The summed E-state index contributed by atoms with van der Waals surface area (Å²) in [4.78, 5) is 8.89. The van der Waals surface area contributed by atoms with Crippen LogP contribution >= 0.6 is 12.6 Å². The minimum absolute atomic E-state index is 0.717. The van der Waals surface area contributed by atoms with Crippen molar-refractivity contribution in [2.75, 3.05) is 6.54 Å². The Balaban J connectivity index is 0.000000444. The van der Waals surface area contributed by atoms with Gasteiger partial charge in [0.2, 0.25) is 5.71 Å². The Hall–Kier alpha value is -1.71. The van der Waals surface area contributed by atoms with Crippen LogP contribution in [0.25, 0.3) is 0 Å². The molecule has 0 spiro atoms. The first-order valence-corrected chi connectivity index (χ1v) is 7.12. The molecule has 1 aliphatic rings. The van der Waals surface area contributed by atoms with Crippen molar-refractivity contribution in [2.45, 2.75) is 33.1 Å². The van der Waals surface area contributed by atoms with Gasteiger partial charge in [-0.05, 0) is 50.9 Å². The second-order valence-electron chi connectivity index (χ2n) is 4.41. The number of amidine groups is 1. The molecule has 0 amide bonds. The number of hydrogen-bond acceptors (Lipinski definition) is 2. The van der Waals surface area contributed by atoms with Crippen LogP contribution in [0.15, 0.2) is 24.3 Å². The van der Waals surface area contributed by atoms with Crippen LogP contribution in [0.4, 0.5) is 0 Å². The van der Waals surface area contributed by atoms with E-state index in [1.54, 1.807) is 0 Å². The highest BCUT2D eigenvalue weighted by atomic mass is 32.1. The highest BCUT2D eigenvalue weighted by Gasteiger charge is 2.18. The summed E-state index contributed by atoms with van der Waals surface area (Å²) in [6.45, 7) is 3.88. The molecule has 20 heavy (non-hydrogen) atoms. The summed E-state index contributed by atoms with van der Waals surface area (Å²) in [6.07, 6.45) is 3.40. The zero-order chi connectivity index (χ0) is 15.0. The highest BCUT2D eigenvalue weighted by Crippen LogP contribution is 2.19. The number of carbonyl (C=O) groups excluding carboxylic acids is 1. The Morgan fingerprint density at radius 2 is 2.05 bits per heavy atom. The molecule has 0 unspecified atom stereocenters. The maximum absolute atomic E-state index is 8.89. The first kappa shape index (κ1) is 16.3. The van der Waals surface area contributed by atoms with Gasteiger partial charge in [0.1, 0.15) is 0 Å². The normalized spacial score (nSPS) is 12.4. The number of hydrogen-bond donors (Lipinski definition) is 2. The minimum Gasteiger partial charge on any atom is -0.550 e. The van der Waals surface area contributed by atoms with Crippen LogP contribution in [-0.2, 0) is 11.2 Å². The van der Waals surface area contributed by atoms with E-state index in [4.69, 9.17) is 9.90 Å². The molecular weight excluding hydrogens is 272 g/mol. The third-order valence-corrected chi connectivity index (χ3v) is 3.02. The van der Waals surface area contributed by atoms with Gasteiger partial charge in [0, 0.05) is 18.0 Å². The molecule has 1 aromatic carbocycles. The smallest absolute Gasteiger partial charge is 0.401 e. The average molecular weight is 292 g/mol. The number of nitrogens with zero attached hydrogens (tertiary/aromatic N) is 1. The maximum Gasteiger partial charge on any atom is 0.401 e. The summed E-state index contributed by atoms with van der Waals surface area (Å²) in [5.74, 6) is -1.08. The lowest BCUT2D eigenvalue weighted by Gasteiger charge is -2.12. The van der Waals surface area contributed by atoms with Crippen LogP contribution < -0.4 is 15.1 Å². The maximum atomic E-state index is 8.89. The standard InChI is InChI=1S/C13H16N2S.C2H4O2/c1-2-14-13(16)15-12-9-5-7-10-6-3-4-8-11(10)12;1-2(3)4/h3-4,6,8H,2,5,7,9H2,1H3,(H,14,16);1H3,(H,3,4). The number of fused-ring (bicyclic) bond motifs is 1. The van der Waals surface area contributed by atoms with Gasteiger partial charge in [-0.15, -0.1) is 0 Å². The van der Waals surface area contributed by atoms with Crippen molar-refractivity contribution < 1.29 is 9.90 Å². The van der Waals surface area contributed by atoms with Gasteiger partial charge in [0.25, 0.3) is 0 Å². The first-order chi connectivity index (χ1) is 9.54. The summed E-state index contributed by atoms with van der Waals surface area (Å²) in [7, 11) is 0. The molecule has 0 bridgehead atoms. The van der Waals surface area contributed by atoms with Gasteiger partial charge < -0.3 is 9.90 Å². The Labute approximate surface area is 125 Å². The van der Waals surface area contributed by atoms with Crippen molar-refractivity contribution in [3.05, 3.63) is 35.4 Å². The fraction of sp³-hybridized carbons (Fsp3) is 0.400. The number of carboxylic acid groups (broad SMARTS) is 1. The third kappa shape index (κ3) is 5.51. The number of rotatable bonds is 1. The number of carbonyl (C=O) groups is 1. The zero-order valence-electron chi connectivity index (χ0n) is 11.8. The van der Waals surface area contributed by atoms with Gasteiger partial charge in [-0.25, -0.2) is 4.67 Å². The van der Waals surface area contributed by atoms with E-state index in [-0.39, 0.29) is 0 Å². The van der Waals surface area contributed by atoms with Crippen molar-refractivity contribution in [3.8, 4) is 0 Å². The molecule has 0 saturated heterocycles. The summed E-state index contributed by atoms with van der Waals surface area (Å²) in [5.41, 5.74) is 3.86. The molecule has 0 heterocycles. The van der Waals surface area contributed by atoms with Gasteiger partial charge in [-0.2, -0.15) is 0 Å². The Bertz CT molecular complexity index is 530. The van der Waals surface area contributed by atoms with Crippen molar-refractivity contribution in [2.24, 2.45) is 0 Å². The molecule has 0 atom stereocenters. The molecule has 0 aliphatic heterocycles. The molecule has 1 N–H and O–H groups in total. The largest absolute Gasteiger partial charge is 0.550 e. The van der Waals surface area contributed by atoms with E-state index < -0.39 is 5.97 Å². The van der Waals surface area contributed by atoms with Gasteiger partial charge in [-0.3, -0.25) is 5.32 Å². The van der Waals surface area contributed by atoms with Crippen molar-refractivity contribution >= 4 is 29.5 Å². The van der Waals surface area contributed by atoms with Crippen LogP contribution in [0, 0.1) is 0 Å². The lowest BCUT2D eigenvalue weighted by atomic mass is 9.90. The van der Waals surface area contributed by atoms with Gasteiger partial charge in [-0.1, -0.05) is 18.2 Å². The Morgan fingerprint density at radius 1 is 1.40 bits per heavy atom. The fourth-order valence-electron chi connectivity index (χ4n) is 2.04. The van der Waals surface area contributed by atoms with E-state index in [1.165, 1.54) is 17.5 Å². The average Bonchev–Trinajstić information content (AvgIpc) is 2.39. The van der Waals surface area contributed by atoms with E-state index in [1.807, 2.05) is 6.92 Å². The second kappa shape index (κ2) is 8.46. The quantitative estimate of drug-likeness (QED) is 0.343. The van der Waals surface area contributed by atoms with E-state index in [0.29, 0.717) is 5.17 Å². The summed E-state index contributed by atoms with van der Waals surface area (Å²) < 4.78 is 4.55. The lowest BCUT2D eigenvalue weighted by molar-refractivity contribution is -0.302. The summed E-state index contributed by atoms with van der Waals surface area (Å²) in [5, 5.41) is 12.7. The SMILES string of the molecule is CC(=O)[O-].CCNC(S)=[N+]=C1CCCc2ccccc21. The molecule has 1 aromatic rings. The Kier molecular flexibility index (Phi) is 6.91. The molecule has 108 valence electrons. The first-order valence-electron chi connectivity index (χ1n) is 6.67. The van der Waals surface area contributed by atoms with E-state index in [2.05, 4.69) is 46.9 Å². The molecule has 4 nitrogen and oxygen atoms in total. The molecule has 0 saturated carbocycles. The van der Waals surface area contributed by atoms with E-state index in [9.17, 15) is 0 Å². The van der Waals surface area contributed by atoms with Crippen LogP contribution in [-0.4, -0.2) is 23.4 Å². The van der Waals surface area contributed by atoms with Gasteiger partial charge >= 0.3 is 5.17 Å².